The average molecular weight is 307 g/mol. The van der Waals surface area contributed by atoms with Crippen LogP contribution in [-0.2, 0) is 18.2 Å². The van der Waals surface area contributed by atoms with Gasteiger partial charge in [-0.05, 0) is 17.7 Å². The molecule has 3 rings (SSSR count). The molecule has 3 aromatic rings. The molecule has 23 heavy (non-hydrogen) atoms. The van der Waals surface area contributed by atoms with Gasteiger partial charge in [-0.3, -0.25) is 9.67 Å². The van der Waals surface area contributed by atoms with Crippen molar-refractivity contribution in [2.24, 2.45) is 7.05 Å². The van der Waals surface area contributed by atoms with Gasteiger partial charge in [0.2, 0.25) is 0 Å². The van der Waals surface area contributed by atoms with E-state index < -0.39 is 0 Å². The molecule has 0 atom stereocenters. The number of carbonyl (C=O) groups excluding carboxylic acids is 1. The van der Waals surface area contributed by atoms with Gasteiger partial charge < -0.3 is 4.74 Å². The third-order valence-corrected chi connectivity index (χ3v) is 3.73. The number of nitrogens with zero attached hydrogens (tertiary/aromatic N) is 3. The zero-order valence-corrected chi connectivity index (χ0v) is 13.1. The first kappa shape index (κ1) is 15.0. The number of hydrogen-bond donors (Lipinski definition) is 0. The fourth-order valence-corrected chi connectivity index (χ4v) is 2.49. The lowest BCUT2D eigenvalue weighted by atomic mass is 10.0. The van der Waals surface area contributed by atoms with Crippen LogP contribution in [0.15, 0.2) is 54.9 Å². The highest BCUT2D eigenvalue weighted by Gasteiger charge is 2.14. The molecule has 0 spiro atoms. The molecule has 1 aromatic carbocycles. The van der Waals surface area contributed by atoms with E-state index in [4.69, 9.17) is 4.74 Å². The van der Waals surface area contributed by atoms with Crippen molar-refractivity contribution in [1.82, 2.24) is 14.8 Å². The molecule has 0 saturated carbocycles. The monoisotopic (exact) mass is 307 g/mol. The summed E-state index contributed by atoms with van der Waals surface area (Å²) in [6, 6.07) is 13.7. The lowest BCUT2D eigenvalue weighted by molar-refractivity contribution is 0.0599. The van der Waals surface area contributed by atoms with Gasteiger partial charge in [0.05, 0.1) is 18.4 Å². The topological polar surface area (TPSA) is 57.0 Å². The Morgan fingerprint density at radius 2 is 2.00 bits per heavy atom. The Hall–Kier alpha value is -2.95. The van der Waals surface area contributed by atoms with E-state index in [9.17, 15) is 4.79 Å². The minimum Gasteiger partial charge on any atom is -0.465 e. The first-order valence-corrected chi connectivity index (χ1v) is 7.28. The number of ether oxygens (including phenoxy) is 1. The van der Waals surface area contributed by atoms with Gasteiger partial charge in [0.15, 0.2) is 0 Å². The molecule has 5 heteroatoms. The number of aromatic nitrogens is 3. The van der Waals surface area contributed by atoms with Crippen LogP contribution in [0.5, 0.6) is 0 Å². The number of pyridine rings is 1. The fourth-order valence-electron chi connectivity index (χ4n) is 2.49. The molecule has 0 aliphatic rings. The Labute approximate surface area is 134 Å². The van der Waals surface area contributed by atoms with Crippen LogP contribution in [0.25, 0.3) is 11.3 Å². The second-order valence-corrected chi connectivity index (χ2v) is 5.21. The Kier molecular flexibility index (Phi) is 4.19. The normalized spacial score (nSPS) is 10.5. The molecule has 5 nitrogen and oxygen atoms in total. The van der Waals surface area contributed by atoms with Crippen LogP contribution in [-0.4, -0.2) is 27.8 Å². The Morgan fingerprint density at radius 3 is 2.74 bits per heavy atom. The lowest BCUT2D eigenvalue weighted by Gasteiger charge is -2.07. The van der Waals surface area contributed by atoms with Gasteiger partial charge in [0.25, 0.3) is 0 Å². The van der Waals surface area contributed by atoms with Crippen LogP contribution in [0.1, 0.15) is 21.6 Å². The van der Waals surface area contributed by atoms with Gasteiger partial charge in [-0.25, -0.2) is 4.79 Å². The number of carbonyl (C=O) groups is 1. The quantitative estimate of drug-likeness (QED) is 0.695. The van der Waals surface area contributed by atoms with Crippen LogP contribution >= 0.6 is 0 Å². The minimum absolute atomic E-state index is 0.354. The molecule has 0 radical (unpaired) electrons. The number of methoxy groups -OCH3 is 1. The first-order chi connectivity index (χ1) is 11.2. The predicted octanol–water partition coefficient (Wildman–Crippen LogP) is 2.86. The first-order valence-electron chi connectivity index (χ1n) is 7.28. The molecule has 0 amide bonds. The molecule has 0 aliphatic carbocycles. The number of esters is 1. The molecule has 0 bridgehead atoms. The molecule has 0 aliphatic heterocycles. The van der Waals surface area contributed by atoms with Crippen LogP contribution in [0, 0.1) is 0 Å². The molecule has 0 N–H and O–H groups in total. The second kappa shape index (κ2) is 6.44. The second-order valence-electron chi connectivity index (χ2n) is 5.21. The maximum atomic E-state index is 11.9. The Balaban J connectivity index is 1.93. The molecule has 2 heterocycles. The van der Waals surface area contributed by atoms with Crippen molar-refractivity contribution in [2.45, 2.75) is 6.42 Å². The van der Waals surface area contributed by atoms with E-state index in [2.05, 4.69) is 10.1 Å². The van der Waals surface area contributed by atoms with Gasteiger partial charge in [0, 0.05) is 37.1 Å². The van der Waals surface area contributed by atoms with Gasteiger partial charge in [-0.1, -0.05) is 30.3 Å². The third kappa shape index (κ3) is 3.13. The van der Waals surface area contributed by atoms with Crippen LogP contribution in [0.2, 0.25) is 0 Å². The van der Waals surface area contributed by atoms with Crippen molar-refractivity contribution in [1.29, 1.82) is 0 Å². The van der Waals surface area contributed by atoms with Crippen molar-refractivity contribution < 1.29 is 9.53 Å². The number of aryl methyl sites for hydroxylation is 1. The number of benzene rings is 1. The van der Waals surface area contributed by atoms with Crippen molar-refractivity contribution >= 4 is 5.97 Å². The summed E-state index contributed by atoms with van der Waals surface area (Å²) in [6.07, 6.45) is 3.85. The third-order valence-electron chi connectivity index (χ3n) is 3.73. The molecule has 0 unspecified atom stereocenters. The summed E-state index contributed by atoms with van der Waals surface area (Å²) >= 11 is 0. The van der Waals surface area contributed by atoms with Crippen molar-refractivity contribution in [2.75, 3.05) is 7.11 Å². The average Bonchev–Trinajstić information content (AvgIpc) is 2.96. The fraction of sp³-hybridized carbons (Fsp3) is 0.167. The maximum Gasteiger partial charge on any atom is 0.338 e. The number of hydrogen-bond acceptors (Lipinski definition) is 4. The SMILES string of the molecule is COC(=O)c1ccncc1Cc1cc(-c2ccccc2)nn1C. The van der Waals surface area contributed by atoms with Crippen molar-refractivity contribution in [3.63, 3.8) is 0 Å². The van der Waals surface area contributed by atoms with Crippen LogP contribution < -0.4 is 0 Å². The maximum absolute atomic E-state index is 11.9. The lowest BCUT2D eigenvalue weighted by Crippen LogP contribution is -2.08. The Morgan fingerprint density at radius 1 is 1.22 bits per heavy atom. The smallest absolute Gasteiger partial charge is 0.338 e. The highest BCUT2D eigenvalue weighted by Crippen LogP contribution is 2.21. The summed E-state index contributed by atoms with van der Waals surface area (Å²) in [7, 11) is 3.28. The van der Waals surface area contributed by atoms with Gasteiger partial charge in [-0.15, -0.1) is 0 Å². The largest absolute Gasteiger partial charge is 0.465 e. The Bertz CT molecular complexity index is 825. The van der Waals surface area contributed by atoms with Gasteiger partial charge in [-0.2, -0.15) is 5.10 Å². The summed E-state index contributed by atoms with van der Waals surface area (Å²) < 4.78 is 6.66. The summed E-state index contributed by atoms with van der Waals surface area (Å²) in [5.74, 6) is -0.354. The minimum atomic E-state index is -0.354. The zero-order chi connectivity index (χ0) is 16.2. The van der Waals surface area contributed by atoms with E-state index in [0.29, 0.717) is 12.0 Å². The molecule has 2 aromatic heterocycles. The zero-order valence-electron chi connectivity index (χ0n) is 13.1. The van der Waals surface area contributed by atoms with Crippen molar-refractivity contribution in [3.8, 4) is 11.3 Å². The van der Waals surface area contributed by atoms with E-state index >= 15 is 0 Å². The summed E-state index contributed by atoms with van der Waals surface area (Å²) in [5.41, 5.74) is 4.33. The predicted molar refractivity (Wildman–Crippen MR) is 87.0 cm³/mol. The number of rotatable bonds is 4. The van der Waals surface area contributed by atoms with E-state index in [-0.39, 0.29) is 5.97 Å². The van der Waals surface area contributed by atoms with E-state index in [1.165, 1.54) is 7.11 Å². The van der Waals surface area contributed by atoms with E-state index in [0.717, 1.165) is 22.5 Å². The van der Waals surface area contributed by atoms with Gasteiger partial charge >= 0.3 is 5.97 Å². The highest BCUT2D eigenvalue weighted by atomic mass is 16.5. The van der Waals surface area contributed by atoms with Crippen LogP contribution in [0.3, 0.4) is 0 Å². The molecule has 0 fully saturated rings. The van der Waals surface area contributed by atoms with Crippen molar-refractivity contribution in [3.05, 3.63) is 71.7 Å². The molecular weight excluding hydrogens is 290 g/mol. The van der Waals surface area contributed by atoms with Crippen LogP contribution in [0.4, 0.5) is 0 Å². The summed E-state index contributed by atoms with van der Waals surface area (Å²) in [4.78, 5) is 16.0. The molecule has 116 valence electrons. The summed E-state index contributed by atoms with van der Waals surface area (Å²) in [5, 5.41) is 4.55. The van der Waals surface area contributed by atoms with E-state index in [1.54, 1.807) is 18.5 Å². The van der Waals surface area contributed by atoms with E-state index in [1.807, 2.05) is 48.1 Å². The molecule has 0 saturated heterocycles. The van der Waals surface area contributed by atoms with Gasteiger partial charge in [0.1, 0.15) is 0 Å². The standard InChI is InChI=1S/C18H17N3O2/c1-21-15(11-17(20-21)13-6-4-3-5-7-13)10-14-12-19-9-8-16(14)18(22)23-2/h3-9,11-12H,10H2,1-2H3. The highest BCUT2D eigenvalue weighted by molar-refractivity contribution is 5.90. The molecular formula is C18H17N3O2. The summed E-state index contributed by atoms with van der Waals surface area (Å²) in [6.45, 7) is 0.